The second kappa shape index (κ2) is 7.89. The first-order valence-corrected chi connectivity index (χ1v) is 12.1. The normalized spacial score (nSPS) is 13.1. The van der Waals surface area contributed by atoms with Crippen molar-refractivity contribution in [2.45, 2.75) is 21.1 Å². The van der Waals surface area contributed by atoms with Crippen LogP contribution in [-0.2, 0) is 21.2 Å². The highest BCUT2D eigenvalue weighted by Gasteiger charge is 2.23. The Bertz CT molecular complexity index is 1470. The first-order chi connectivity index (χ1) is 15.4. The molecular formula is C24H18N2O4S2. The number of benzene rings is 4. The molecule has 160 valence electrons. The summed E-state index contributed by atoms with van der Waals surface area (Å²) in [7, 11) is -3.93. The number of phenolic OH excluding ortho intramolecular Hbond substituents is 1. The Labute approximate surface area is 189 Å². The van der Waals surface area contributed by atoms with Crippen LogP contribution in [0, 0.1) is 0 Å². The molecule has 0 atom stereocenters. The van der Waals surface area contributed by atoms with Gasteiger partial charge in [0.05, 0.1) is 21.9 Å². The number of rotatable bonds is 5. The smallest absolute Gasteiger partial charge is 0.261 e. The Hall–Kier alpha value is -3.49. The zero-order valence-corrected chi connectivity index (χ0v) is 18.3. The number of anilines is 2. The van der Waals surface area contributed by atoms with E-state index in [0.29, 0.717) is 32.6 Å². The van der Waals surface area contributed by atoms with Gasteiger partial charge in [-0.05, 0) is 42.0 Å². The summed E-state index contributed by atoms with van der Waals surface area (Å²) in [4.78, 5) is 13.1. The number of carbonyl (C=O) groups is 1. The SMILES string of the molecule is O=C1Cc2cc(S(=O)(=O)Nc3cc(Sc4ccccc4)c(O)c4ccccc34)ccc2N1. The molecule has 0 unspecified atom stereocenters. The second-order valence-electron chi connectivity index (χ2n) is 7.38. The van der Waals surface area contributed by atoms with E-state index >= 15 is 0 Å². The monoisotopic (exact) mass is 462 g/mol. The highest BCUT2D eigenvalue weighted by Crippen LogP contribution is 2.43. The summed E-state index contributed by atoms with van der Waals surface area (Å²) in [5.41, 5.74) is 1.64. The van der Waals surface area contributed by atoms with Gasteiger partial charge in [0.2, 0.25) is 5.91 Å². The van der Waals surface area contributed by atoms with Gasteiger partial charge in [-0.2, -0.15) is 0 Å². The molecule has 5 rings (SSSR count). The molecule has 0 bridgehead atoms. The van der Waals surface area contributed by atoms with Crippen LogP contribution in [0.25, 0.3) is 10.8 Å². The third-order valence-electron chi connectivity index (χ3n) is 5.21. The van der Waals surface area contributed by atoms with Gasteiger partial charge in [0.25, 0.3) is 10.0 Å². The van der Waals surface area contributed by atoms with Crippen molar-refractivity contribution in [3.63, 3.8) is 0 Å². The van der Waals surface area contributed by atoms with E-state index in [1.807, 2.05) is 30.3 Å². The molecule has 0 spiro atoms. The lowest BCUT2D eigenvalue weighted by Crippen LogP contribution is -2.13. The summed E-state index contributed by atoms with van der Waals surface area (Å²) in [6.45, 7) is 0. The lowest BCUT2D eigenvalue weighted by atomic mass is 10.1. The highest BCUT2D eigenvalue weighted by molar-refractivity contribution is 7.99. The maximum Gasteiger partial charge on any atom is 0.261 e. The summed E-state index contributed by atoms with van der Waals surface area (Å²) in [5, 5.41) is 14.7. The zero-order valence-electron chi connectivity index (χ0n) is 16.7. The molecule has 4 aromatic carbocycles. The Kier molecular flexibility index (Phi) is 5.03. The molecule has 8 heteroatoms. The first kappa shape index (κ1) is 20.4. The van der Waals surface area contributed by atoms with Crippen LogP contribution in [0.15, 0.2) is 93.5 Å². The van der Waals surface area contributed by atoms with Crippen LogP contribution < -0.4 is 10.0 Å². The number of phenols is 1. The number of sulfonamides is 1. The number of nitrogens with one attached hydrogen (secondary N) is 2. The molecule has 0 saturated carbocycles. The average Bonchev–Trinajstić information content (AvgIpc) is 3.17. The predicted octanol–water partition coefficient (Wildman–Crippen LogP) is 4.99. The fourth-order valence-electron chi connectivity index (χ4n) is 3.69. The Balaban J connectivity index is 1.57. The summed E-state index contributed by atoms with van der Waals surface area (Å²) >= 11 is 1.35. The second-order valence-corrected chi connectivity index (χ2v) is 10.2. The highest BCUT2D eigenvalue weighted by atomic mass is 32.2. The Morgan fingerprint density at radius 3 is 2.41 bits per heavy atom. The molecule has 0 radical (unpaired) electrons. The maximum atomic E-state index is 13.2. The van der Waals surface area contributed by atoms with E-state index in [1.54, 1.807) is 36.4 Å². The number of hydrogen-bond donors (Lipinski definition) is 3. The van der Waals surface area contributed by atoms with E-state index in [-0.39, 0.29) is 23.0 Å². The van der Waals surface area contributed by atoms with E-state index < -0.39 is 10.0 Å². The Morgan fingerprint density at radius 2 is 1.62 bits per heavy atom. The number of carbonyl (C=O) groups excluding carboxylic acids is 1. The van der Waals surface area contributed by atoms with Crippen molar-refractivity contribution in [1.82, 2.24) is 0 Å². The number of fused-ring (bicyclic) bond motifs is 2. The van der Waals surface area contributed by atoms with Crippen molar-refractivity contribution in [2.75, 3.05) is 10.0 Å². The van der Waals surface area contributed by atoms with Gasteiger partial charge < -0.3 is 10.4 Å². The van der Waals surface area contributed by atoms with E-state index in [9.17, 15) is 18.3 Å². The average molecular weight is 463 g/mol. The van der Waals surface area contributed by atoms with Crippen LogP contribution in [0.2, 0.25) is 0 Å². The first-order valence-electron chi connectivity index (χ1n) is 9.84. The fourth-order valence-corrected chi connectivity index (χ4v) is 5.74. The molecule has 1 heterocycles. The van der Waals surface area contributed by atoms with Gasteiger partial charge in [0.1, 0.15) is 5.75 Å². The summed E-state index contributed by atoms with van der Waals surface area (Å²) in [5.74, 6) is -0.0610. The minimum absolute atomic E-state index is 0.0715. The topological polar surface area (TPSA) is 95.5 Å². The summed E-state index contributed by atoms with van der Waals surface area (Å²) in [6, 6.07) is 22.9. The maximum absolute atomic E-state index is 13.2. The third kappa shape index (κ3) is 3.79. The number of amides is 1. The minimum atomic E-state index is -3.93. The predicted molar refractivity (Wildman–Crippen MR) is 126 cm³/mol. The van der Waals surface area contributed by atoms with Crippen molar-refractivity contribution in [3.8, 4) is 5.75 Å². The van der Waals surface area contributed by atoms with E-state index in [2.05, 4.69) is 10.0 Å². The molecule has 6 nitrogen and oxygen atoms in total. The standard InChI is InChI=1S/C24H18N2O4S2/c27-23-13-15-12-17(10-11-20(15)25-23)32(29,30)26-21-14-22(31-16-6-2-1-3-7-16)24(28)19-9-5-4-8-18(19)21/h1-12,14,26,28H,13H2,(H,25,27). The molecule has 0 saturated heterocycles. The lowest BCUT2D eigenvalue weighted by molar-refractivity contribution is -0.115. The number of aromatic hydroxyl groups is 1. The van der Waals surface area contributed by atoms with Gasteiger partial charge in [-0.1, -0.05) is 54.2 Å². The molecule has 4 aromatic rings. The quantitative estimate of drug-likeness (QED) is 0.363. The van der Waals surface area contributed by atoms with Crippen molar-refractivity contribution >= 4 is 49.8 Å². The zero-order chi connectivity index (χ0) is 22.3. The molecule has 1 aliphatic rings. The Morgan fingerprint density at radius 1 is 0.906 bits per heavy atom. The van der Waals surface area contributed by atoms with Gasteiger partial charge in [-0.25, -0.2) is 8.42 Å². The largest absolute Gasteiger partial charge is 0.506 e. The van der Waals surface area contributed by atoms with Gasteiger partial charge in [-0.3, -0.25) is 9.52 Å². The molecule has 0 fully saturated rings. The molecule has 0 aliphatic carbocycles. The van der Waals surface area contributed by atoms with Crippen LogP contribution in [-0.4, -0.2) is 19.4 Å². The van der Waals surface area contributed by atoms with Crippen LogP contribution in [0.1, 0.15) is 5.56 Å². The van der Waals surface area contributed by atoms with Crippen LogP contribution >= 0.6 is 11.8 Å². The van der Waals surface area contributed by atoms with Crippen molar-refractivity contribution in [1.29, 1.82) is 0 Å². The molecule has 1 aliphatic heterocycles. The molecule has 0 aromatic heterocycles. The van der Waals surface area contributed by atoms with Crippen molar-refractivity contribution in [3.05, 3.63) is 84.4 Å². The van der Waals surface area contributed by atoms with Crippen LogP contribution in [0.4, 0.5) is 11.4 Å². The molecule has 32 heavy (non-hydrogen) atoms. The van der Waals surface area contributed by atoms with Gasteiger partial charge in [-0.15, -0.1) is 0 Å². The van der Waals surface area contributed by atoms with Crippen LogP contribution in [0.5, 0.6) is 5.75 Å². The minimum Gasteiger partial charge on any atom is -0.506 e. The van der Waals surface area contributed by atoms with Crippen molar-refractivity contribution in [2.24, 2.45) is 0 Å². The summed E-state index contributed by atoms with van der Waals surface area (Å²) < 4.78 is 29.1. The lowest BCUT2D eigenvalue weighted by Gasteiger charge is -2.15. The van der Waals surface area contributed by atoms with Gasteiger partial charge in [0.15, 0.2) is 0 Å². The van der Waals surface area contributed by atoms with Crippen molar-refractivity contribution < 1.29 is 18.3 Å². The third-order valence-corrected chi connectivity index (χ3v) is 7.61. The molecule has 1 amide bonds. The van der Waals surface area contributed by atoms with Gasteiger partial charge >= 0.3 is 0 Å². The summed E-state index contributed by atoms with van der Waals surface area (Å²) in [6.07, 6.45) is 0.151. The number of hydrogen-bond acceptors (Lipinski definition) is 5. The van der Waals surface area contributed by atoms with E-state index in [1.165, 1.54) is 23.9 Å². The fraction of sp³-hybridized carbons (Fsp3) is 0.0417. The van der Waals surface area contributed by atoms with E-state index in [0.717, 1.165) is 4.90 Å². The van der Waals surface area contributed by atoms with Gasteiger partial charge in [0, 0.05) is 21.4 Å². The van der Waals surface area contributed by atoms with Crippen LogP contribution in [0.3, 0.4) is 0 Å². The van der Waals surface area contributed by atoms with E-state index in [4.69, 9.17) is 0 Å². The molecule has 3 N–H and O–H groups in total. The molecular weight excluding hydrogens is 444 g/mol.